The average molecular weight is 331 g/mol. The van der Waals surface area contributed by atoms with E-state index in [2.05, 4.69) is 30.7 Å². The van der Waals surface area contributed by atoms with Crippen LogP contribution in [-0.2, 0) is 6.54 Å². The van der Waals surface area contributed by atoms with Crippen LogP contribution in [0.4, 0.5) is 10.8 Å². The zero-order valence-electron chi connectivity index (χ0n) is 11.7. The van der Waals surface area contributed by atoms with Crippen molar-refractivity contribution >= 4 is 23.6 Å². The van der Waals surface area contributed by atoms with Gasteiger partial charge in [0.1, 0.15) is 5.15 Å². The molecule has 2 heterocycles. The van der Waals surface area contributed by atoms with Crippen molar-refractivity contribution in [3.8, 4) is 11.4 Å². The fraction of sp³-hybridized carbons (Fsp3) is 0.0714. The number of carbonyl (C=O) groups excluding carboxylic acids is 1. The van der Waals surface area contributed by atoms with Crippen molar-refractivity contribution in [2.24, 2.45) is 0 Å². The predicted molar refractivity (Wildman–Crippen MR) is 82.6 cm³/mol. The molecule has 2 amide bonds. The fourth-order valence-corrected chi connectivity index (χ4v) is 1.82. The molecular formula is C14H11ClN6O2. The predicted octanol–water partition coefficient (Wildman–Crippen LogP) is 2.50. The molecule has 116 valence electrons. The Bertz CT molecular complexity index is 791. The molecule has 0 unspecified atom stereocenters. The Hall–Kier alpha value is -3.00. The van der Waals surface area contributed by atoms with Crippen LogP contribution in [0.25, 0.3) is 11.4 Å². The number of hydrogen-bond donors (Lipinski definition) is 2. The molecule has 2 N–H and O–H groups in total. The van der Waals surface area contributed by atoms with E-state index in [1.165, 1.54) is 12.4 Å². The molecule has 0 aliphatic rings. The number of urea groups is 1. The van der Waals surface area contributed by atoms with E-state index in [-0.39, 0.29) is 17.7 Å². The lowest BCUT2D eigenvalue weighted by Crippen LogP contribution is -2.28. The molecule has 9 heteroatoms. The second kappa shape index (κ2) is 6.84. The summed E-state index contributed by atoms with van der Waals surface area (Å²) < 4.78 is 4.98. The third kappa shape index (κ3) is 4.01. The zero-order chi connectivity index (χ0) is 16.1. The maximum atomic E-state index is 11.8. The van der Waals surface area contributed by atoms with E-state index in [0.717, 1.165) is 5.56 Å². The Balaban J connectivity index is 1.56. The summed E-state index contributed by atoms with van der Waals surface area (Å²) in [5, 5.41) is 9.13. The molecule has 2 aromatic heterocycles. The lowest BCUT2D eigenvalue weighted by molar-refractivity contribution is 0.250. The molecule has 0 bridgehead atoms. The monoisotopic (exact) mass is 330 g/mol. The summed E-state index contributed by atoms with van der Waals surface area (Å²) in [6.45, 7) is 0.190. The van der Waals surface area contributed by atoms with E-state index in [1.54, 1.807) is 0 Å². The van der Waals surface area contributed by atoms with Crippen molar-refractivity contribution in [1.29, 1.82) is 0 Å². The maximum absolute atomic E-state index is 11.8. The highest BCUT2D eigenvalue weighted by molar-refractivity contribution is 6.29. The third-order valence-corrected chi connectivity index (χ3v) is 2.98. The third-order valence-electron chi connectivity index (χ3n) is 2.78. The SMILES string of the molecule is O=C(NCc1cnc(Cl)cn1)Nc1nc(-c2ccccc2)no1. The van der Waals surface area contributed by atoms with Gasteiger partial charge in [0.2, 0.25) is 5.82 Å². The first-order valence-corrected chi connectivity index (χ1v) is 6.99. The van der Waals surface area contributed by atoms with Crippen molar-refractivity contribution in [3.63, 3.8) is 0 Å². The van der Waals surface area contributed by atoms with Crippen LogP contribution in [0.2, 0.25) is 5.15 Å². The van der Waals surface area contributed by atoms with Crippen LogP contribution in [0.15, 0.2) is 47.2 Å². The summed E-state index contributed by atoms with van der Waals surface area (Å²) in [6.07, 6.45) is 2.88. The van der Waals surface area contributed by atoms with E-state index < -0.39 is 6.03 Å². The Morgan fingerprint density at radius 3 is 2.74 bits per heavy atom. The lowest BCUT2D eigenvalue weighted by atomic mass is 10.2. The molecule has 8 nitrogen and oxygen atoms in total. The number of anilines is 1. The fourth-order valence-electron chi connectivity index (χ4n) is 1.72. The van der Waals surface area contributed by atoms with Gasteiger partial charge in [-0.25, -0.2) is 9.78 Å². The molecule has 0 radical (unpaired) electrons. The largest absolute Gasteiger partial charge is 0.332 e. The van der Waals surface area contributed by atoms with Crippen LogP contribution in [0.1, 0.15) is 5.69 Å². The lowest BCUT2D eigenvalue weighted by Gasteiger charge is -2.03. The highest BCUT2D eigenvalue weighted by Gasteiger charge is 2.11. The van der Waals surface area contributed by atoms with Gasteiger partial charge in [-0.3, -0.25) is 10.3 Å². The number of aromatic nitrogens is 4. The van der Waals surface area contributed by atoms with Gasteiger partial charge < -0.3 is 9.84 Å². The molecular weight excluding hydrogens is 320 g/mol. The van der Waals surface area contributed by atoms with Crippen molar-refractivity contribution in [3.05, 3.63) is 53.6 Å². The summed E-state index contributed by atoms with van der Waals surface area (Å²) in [5.41, 5.74) is 1.36. The molecule has 0 fully saturated rings. The second-order valence-electron chi connectivity index (χ2n) is 4.43. The summed E-state index contributed by atoms with van der Waals surface area (Å²) in [4.78, 5) is 23.7. The van der Waals surface area contributed by atoms with Crippen LogP contribution < -0.4 is 10.6 Å². The van der Waals surface area contributed by atoms with Crippen LogP contribution in [0.5, 0.6) is 0 Å². The summed E-state index contributed by atoms with van der Waals surface area (Å²) in [6, 6.07) is 8.79. The van der Waals surface area contributed by atoms with Gasteiger partial charge in [0.15, 0.2) is 0 Å². The van der Waals surface area contributed by atoms with Crippen molar-refractivity contribution in [1.82, 2.24) is 25.4 Å². The van der Waals surface area contributed by atoms with Gasteiger partial charge in [-0.1, -0.05) is 47.1 Å². The first kappa shape index (κ1) is 14.9. The number of halogens is 1. The standard InChI is InChI=1S/C14H11ClN6O2/c15-11-8-16-10(6-17-11)7-18-13(22)20-14-19-12(21-23-14)9-4-2-1-3-5-9/h1-6,8H,7H2,(H2,18,19,20,21,22). The van der Waals surface area contributed by atoms with Gasteiger partial charge in [-0.15, -0.1) is 0 Å². The van der Waals surface area contributed by atoms with Gasteiger partial charge in [0, 0.05) is 5.56 Å². The summed E-state index contributed by atoms with van der Waals surface area (Å²) in [5.74, 6) is 0.393. The topological polar surface area (TPSA) is 106 Å². The van der Waals surface area contributed by atoms with E-state index in [0.29, 0.717) is 11.5 Å². The summed E-state index contributed by atoms with van der Waals surface area (Å²) >= 11 is 5.63. The van der Waals surface area contributed by atoms with Crippen molar-refractivity contribution in [2.75, 3.05) is 5.32 Å². The highest BCUT2D eigenvalue weighted by Crippen LogP contribution is 2.16. The number of hydrogen-bond acceptors (Lipinski definition) is 6. The smallest absolute Gasteiger partial charge is 0.329 e. The molecule has 0 aliphatic carbocycles. The average Bonchev–Trinajstić information content (AvgIpc) is 3.04. The van der Waals surface area contributed by atoms with Gasteiger partial charge in [0.05, 0.1) is 24.6 Å². The van der Waals surface area contributed by atoms with E-state index in [1.807, 2.05) is 30.3 Å². The Morgan fingerprint density at radius 1 is 1.17 bits per heavy atom. The number of nitrogens with one attached hydrogen (secondary N) is 2. The molecule has 0 saturated carbocycles. The van der Waals surface area contributed by atoms with Gasteiger partial charge in [-0.05, 0) is 0 Å². The molecule has 3 rings (SSSR count). The van der Waals surface area contributed by atoms with E-state index in [4.69, 9.17) is 16.1 Å². The normalized spacial score (nSPS) is 10.3. The number of benzene rings is 1. The molecule has 0 aliphatic heterocycles. The molecule has 23 heavy (non-hydrogen) atoms. The highest BCUT2D eigenvalue weighted by atomic mass is 35.5. The number of amides is 2. The van der Waals surface area contributed by atoms with Gasteiger partial charge in [0.25, 0.3) is 0 Å². The minimum atomic E-state index is -0.495. The van der Waals surface area contributed by atoms with Crippen LogP contribution in [0, 0.1) is 0 Å². The molecule has 0 atom stereocenters. The Labute approximate surface area is 135 Å². The van der Waals surface area contributed by atoms with E-state index >= 15 is 0 Å². The van der Waals surface area contributed by atoms with E-state index in [9.17, 15) is 4.79 Å². The maximum Gasteiger partial charge on any atom is 0.329 e. The first-order valence-electron chi connectivity index (χ1n) is 6.61. The minimum Gasteiger partial charge on any atom is -0.332 e. The van der Waals surface area contributed by atoms with Crippen LogP contribution >= 0.6 is 11.6 Å². The van der Waals surface area contributed by atoms with Crippen molar-refractivity contribution < 1.29 is 9.32 Å². The van der Waals surface area contributed by atoms with Gasteiger partial charge >= 0.3 is 12.0 Å². The number of rotatable bonds is 4. The molecule has 3 aromatic rings. The molecule has 1 aromatic carbocycles. The van der Waals surface area contributed by atoms with Crippen molar-refractivity contribution in [2.45, 2.75) is 6.54 Å². The number of carbonyl (C=O) groups is 1. The molecule has 0 spiro atoms. The van der Waals surface area contributed by atoms with Gasteiger partial charge in [-0.2, -0.15) is 4.98 Å². The minimum absolute atomic E-state index is 0.00328. The zero-order valence-corrected chi connectivity index (χ0v) is 12.5. The van der Waals surface area contributed by atoms with Crippen LogP contribution in [0.3, 0.4) is 0 Å². The number of nitrogens with zero attached hydrogens (tertiary/aromatic N) is 4. The Kier molecular flexibility index (Phi) is 4.44. The quantitative estimate of drug-likeness (QED) is 0.761. The summed E-state index contributed by atoms with van der Waals surface area (Å²) in [7, 11) is 0. The second-order valence-corrected chi connectivity index (χ2v) is 4.81. The molecule has 0 saturated heterocycles. The van der Waals surface area contributed by atoms with Crippen LogP contribution in [-0.4, -0.2) is 26.1 Å². The first-order chi connectivity index (χ1) is 11.2. The Morgan fingerprint density at radius 2 is 2.00 bits per heavy atom.